The standard InChI is InChI=1S/C32H24N4O/c1-19-9-11-28-29(16-19)35(32-34-26-7-3-4-8-27(26)36(28)32)23-15-20(2)14-22(17-23)21-10-12-30-25(18-21)24-6-5-13-33-31(24)37-30/h3-15,17-19H,16H2,1-2H3. The van der Waals surface area contributed by atoms with Crippen LogP contribution >= 0.6 is 0 Å². The lowest BCUT2D eigenvalue weighted by Crippen LogP contribution is -2.09. The van der Waals surface area contributed by atoms with Crippen LogP contribution in [-0.4, -0.2) is 18.9 Å². The van der Waals surface area contributed by atoms with E-state index in [2.05, 4.69) is 107 Å². The van der Waals surface area contributed by atoms with E-state index in [1.54, 1.807) is 6.20 Å². The summed E-state index contributed by atoms with van der Waals surface area (Å²) in [5.74, 6) is 1.44. The van der Waals surface area contributed by atoms with Crippen LogP contribution in [0.1, 0.15) is 23.9 Å². The molecule has 8 rings (SSSR count). The quantitative estimate of drug-likeness (QED) is 0.254. The number of rotatable bonds is 2. The highest BCUT2D eigenvalue weighted by Gasteiger charge is 2.24. The second-order valence-electron chi connectivity index (χ2n) is 10.2. The Labute approximate surface area is 213 Å². The maximum Gasteiger partial charge on any atom is 0.227 e. The number of benzene rings is 3. The van der Waals surface area contributed by atoms with Gasteiger partial charge < -0.3 is 4.42 Å². The molecule has 4 heterocycles. The second-order valence-corrected chi connectivity index (χ2v) is 10.2. The van der Waals surface area contributed by atoms with Crippen molar-refractivity contribution in [2.45, 2.75) is 20.3 Å². The van der Waals surface area contributed by atoms with Gasteiger partial charge in [-0.05, 0) is 90.6 Å². The van der Waals surface area contributed by atoms with E-state index in [-0.39, 0.29) is 0 Å². The molecule has 0 amide bonds. The molecule has 178 valence electrons. The van der Waals surface area contributed by atoms with Gasteiger partial charge in [0.2, 0.25) is 11.5 Å². The number of pyridine rings is 1. The summed E-state index contributed by atoms with van der Waals surface area (Å²) in [5, 5.41) is 2.13. The summed E-state index contributed by atoms with van der Waals surface area (Å²) in [6.45, 7) is 4.44. The molecule has 5 heteroatoms. The highest BCUT2D eigenvalue weighted by Crippen LogP contribution is 2.36. The SMILES string of the molecule is Cc1cc(-c2ccc3oc4ncccc4c3c2)cc(-n2c3c(n4c5ccccc5nc24)C=CC(C)C3)c1. The minimum atomic E-state index is 0.479. The Hall–Kier alpha value is -4.64. The van der Waals surface area contributed by atoms with Crippen molar-refractivity contribution < 1.29 is 4.42 Å². The third kappa shape index (κ3) is 2.97. The number of para-hydroxylation sites is 2. The van der Waals surface area contributed by atoms with E-state index in [0.717, 1.165) is 50.8 Å². The summed E-state index contributed by atoms with van der Waals surface area (Å²) in [7, 11) is 0. The number of fused-ring (bicyclic) bond motifs is 8. The first-order chi connectivity index (χ1) is 18.1. The molecule has 0 saturated carbocycles. The average Bonchev–Trinajstić information content (AvgIpc) is 3.56. The molecule has 0 aliphatic heterocycles. The maximum atomic E-state index is 5.97. The minimum absolute atomic E-state index is 0.479. The fourth-order valence-electron chi connectivity index (χ4n) is 5.88. The van der Waals surface area contributed by atoms with E-state index in [9.17, 15) is 0 Å². The zero-order chi connectivity index (χ0) is 24.7. The summed E-state index contributed by atoms with van der Waals surface area (Å²) < 4.78 is 10.6. The van der Waals surface area contributed by atoms with Gasteiger partial charge >= 0.3 is 0 Å². The number of aryl methyl sites for hydroxylation is 1. The first-order valence-electron chi connectivity index (χ1n) is 12.7. The fraction of sp³-hybridized carbons (Fsp3) is 0.125. The molecule has 1 aliphatic rings. The molecule has 0 N–H and O–H groups in total. The Bertz CT molecular complexity index is 2050. The van der Waals surface area contributed by atoms with E-state index in [0.29, 0.717) is 11.6 Å². The normalized spacial score (nSPS) is 15.4. The number of allylic oxidation sites excluding steroid dienone is 1. The number of nitrogens with zero attached hydrogens (tertiary/aromatic N) is 4. The minimum Gasteiger partial charge on any atom is -0.438 e. The highest BCUT2D eigenvalue weighted by atomic mass is 16.3. The van der Waals surface area contributed by atoms with Crippen molar-refractivity contribution in [1.29, 1.82) is 0 Å². The fourth-order valence-corrected chi connectivity index (χ4v) is 5.88. The molecule has 1 unspecified atom stereocenters. The topological polar surface area (TPSA) is 48.3 Å². The largest absolute Gasteiger partial charge is 0.438 e. The van der Waals surface area contributed by atoms with Crippen molar-refractivity contribution in [1.82, 2.24) is 18.9 Å². The smallest absolute Gasteiger partial charge is 0.227 e. The van der Waals surface area contributed by atoms with Gasteiger partial charge in [-0.1, -0.05) is 37.3 Å². The van der Waals surface area contributed by atoms with Gasteiger partial charge in [-0.25, -0.2) is 9.97 Å². The molecule has 0 fully saturated rings. The molecule has 0 spiro atoms. The monoisotopic (exact) mass is 480 g/mol. The van der Waals surface area contributed by atoms with Crippen molar-refractivity contribution in [2.75, 3.05) is 0 Å². The van der Waals surface area contributed by atoms with Gasteiger partial charge in [0, 0.05) is 22.7 Å². The van der Waals surface area contributed by atoms with Gasteiger partial charge in [-0.2, -0.15) is 0 Å². The molecule has 3 aromatic carbocycles. The predicted molar refractivity (Wildman–Crippen MR) is 149 cm³/mol. The van der Waals surface area contributed by atoms with Crippen LogP contribution < -0.4 is 0 Å². The average molecular weight is 481 g/mol. The van der Waals surface area contributed by atoms with Crippen molar-refractivity contribution >= 4 is 45.0 Å². The van der Waals surface area contributed by atoms with Crippen LogP contribution in [0.2, 0.25) is 0 Å². The first kappa shape index (κ1) is 20.5. The molecule has 5 nitrogen and oxygen atoms in total. The highest BCUT2D eigenvalue weighted by molar-refractivity contribution is 6.05. The second kappa shape index (κ2) is 7.43. The number of hydrogen-bond acceptors (Lipinski definition) is 3. The van der Waals surface area contributed by atoms with Gasteiger partial charge in [0.25, 0.3) is 0 Å². The van der Waals surface area contributed by atoms with Crippen LogP contribution in [0.4, 0.5) is 0 Å². The summed E-state index contributed by atoms with van der Waals surface area (Å²) >= 11 is 0. The third-order valence-corrected chi connectivity index (χ3v) is 7.55. The Kier molecular flexibility index (Phi) is 4.13. The van der Waals surface area contributed by atoms with Gasteiger partial charge in [0.1, 0.15) is 5.58 Å². The van der Waals surface area contributed by atoms with Gasteiger partial charge in [-0.15, -0.1) is 0 Å². The van der Waals surface area contributed by atoms with Crippen molar-refractivity contribution in [2.24, 2.45) is 5.92 Å². The van der Waals surface area contributed by atoms with Crippen LogP contribution in [0, 0.1) is 12.8 Å². The Morgan fingerprint density at radius 1 is 0.919 bits per heavy atom. The molecule has 7 aromatic rings. The van der Waals surface area contributed by atoms with E-state index in [1.807, 2.05) is 6.07 Å². The number of furan rings is 1. The summed E-state index contributed by atoms with van der Waals surface area (Å²) in [4.78, 5) is 9.49. The van der Waals surface area contributed by atoms with E-state index >= 15 is 0 Å². The zero-order valence-corrected chi connectivity index (χ0v) is 20.6. The van der Waals surface area contributed by atoms with E-state index in [1.165, 1.54) is 22.5 Å². The number of aromatic nitrogens is 4. The molecule has 0 bridgehead atoms. The molecule has 0 radical (unpaired) electrons. The molecular formula is C32H24N4O. The van der Waals surface area contributed by atoms with Gasteiger partial charge in [0.15, 0.2) is 0 Å². The lowest BCUT2D eigenvalue weighted by atomic mass is 9.97. The van der Waals surface area contributed by atoms with Crippen molar-refractivity contribution in [3.63, 3.8) is 0 Å². The van der Waals surface area contributed by atoms with Crippen molar-refractivity contribution in [3.8, 4) is 16.8 Å². The van der Waals surface area contributed by atoms with Crippen molar-refractivity contribution in [3.05, 3.63) is 102 Å². The molecule has 1 atom stereocenters. The van der Waals surface area contributed by atoms with Crippen LogP contribution in [0.25, 0.3) is 61.8 Å². The number of imidazole rings is 2. The lowest BCUT2D eigenvalue weighted by molar-refractivity contribution is 0.654. The maximum absolute atomic E-state index is 5.97. The molecular weight excluding hydrogens is 456 g/mol. The molecule has 0 saturated heterocycles. The Morgan fingerprint density at radius 3 is 2.78 bits per heavy atom. The summed E-state index contributed by atoms with van der Waals surface area (Å²) in [6, 6.07) is 25.6. The van der Waals surface area contributed by atoms with Gasteiger partial charge in [0.05, 0.1) is 22.4 Å². The summed E-state index contributed by atoms with van der Waals surface area (Å²) in [6.07, 6.45) is 7.32. The Balaban J connectivity index is 1.38. The third-order valence-electron chi connectivity index (χ3n) is 7.55. The zero-order valence-electron chi connectivity index (χ0n) is 20.6. The molecule has 4 aromatic heterocycles. The first-order valence-corrected chi connectivity index (χ1v) is 12.7. The lowest BCUT2D eigenvalue weighted by Gasteiger charge is -2.17. The number of hydrogen-bond donors (Lipinski definition) is 0. The van der Waals surface area contributed by atoms with Crippen LogP contribution in [0.3, 0.4) is 0 Å². The predicted octanol–water partition coefficient (Wildman–Crippen LogP) is 7.75. The van der Waals surface area contributed by atoms with E-state index < -0.39 is 0 Å². The van der Waals surface area contributed by atoms with Gasteiger partial charge in [-0.3, -0.25) is 8.97 Å². The van der Waals surface area contributed by atoms with Crippen LogP contribution in [-0.2, 0) is 6.42 Å². The molecule has 1 aliphatic carbocycles. The van der Waals surface area contributed by atoms with Crippen LogP contribution in [0.5, 0.6) is 0 Å². The molecule has 37 heavy (non-hydrogen) atoms. The summed E-state index contributed by atoms with van der Waals surface area (Å²) in [5.41, 5.74) is 10.9. The van der Waals surface area contributed by atoms with Crippen LogP contribution in [0.15, 0.2) is 89.5 Å². The van der Waals surface area contributed by atoms with E-state index in [4.69, 9.17) is 9.40 Å². The Morgan fingerprint density at radius 2 is 1.84 bits per heavy atom.